The quantitative estimate of drug-likeness (QED) is 0.182. The van der Waals surface area contributed by atoms with Crippen LogP contribution in [0.25, 0.3) is 33.6 Å². The number of hydrogen-bond donors (Lipinski definition) is 0. The molecule has 0 atom stereocenters. The summed E-state index contributed by atoms with van der Waals surface area (Å²) < 4.78 is 0. The SMILES string of the molecule is Cc1cc[c-]c(-c2cccc(C3(c4cccc(-c5[c-]ccc(C#N)c5)n4)c4ccccc4-c4ccccc43)n2)c1.O.[Pt+2]. The van der Waals surface area contributed by atoms with Crippen LogP contribution in [-0.4, -0.2) is 15.4 Å². The molecule has 0 radical (unpaired) electrons. The van der Waals surface area contributed by atoms with Crippen molar-refractivity contribution in [2.24, 2.45) is 0 Å². The minimum Gasteiger partial charge on any atom is -0.412 e. The maximum absolute atomic E-state index is 9.49. The first-order chi connectivity index (χ1) is 19.7. The Balaban J connectivity index is 0.00000176. The van der Waals surface area contributed by atoms with E-state index >= 15 is 0 Å². The fourth-order valence-corrected chi connectivity index (χ4v) is 5.92. The summed E-state index contributed by atoms with van der Waals surface area (Å²) >= 11 is 0. The van der Waals surface area contributed by atoms with Crippen LogP contribution >= 0.6 is 0 Å². The standard InChI is InChI=1S/C37H23N3.H2O.Pt/c1-25-10-6-12-27(22-25)33-18-8-20-35(39-33)37(31-16-4-2-14-29(31)30-15-3-5-17-32(30)37)36-21-9-19-34(40-36)28-13-7-11-26(23-28)24-38;;/h2-11,14-23H,1H3;1H2;/q-2;;+2. The van der Waals surface area contributed by atoms with Gasteiger partial charge in [-0.25, -0.2) is 0 Å². The van der Waals surface area contributed by atoms with E-state index in [0.717, 1.165) is 50.6 Å². The van der Waals surface area contributed by atoms with E-state index in [1.165, 1.54) is 11.1 Å². The van der Waals surface area contributed by atoms with Gasteiger partial charge in [0.1, 0.15) is 5.41 Å². The molecule has 0 aliphatic heterocycles. The van der Waals surface area contributed by atoms with Crippen molar-refractivity contribution in [2.45, 2.75) is 12.3 Å². The third-order valence-corrected chi connectivity index (χ3v) is 7.66. The third kappa shape index (κ3) is 4.58. The van der Waals surface area contributed by atoms with E-state index in [1.54, 1.807) is 12.1 Å². The summed E-state index contributed by atoms with van der Waals surface area (Å²) in [4.78, 5) is 10.6. The van der Waals surface area contributed by atoms with Gasteiger partial charge < -0.3 is 5.48 Å². The van der Waals surface area contributed by atoms with E-state index in [2.05, 4.69) is 97.9 Å². The second-order valence-electron chi connectivity index (χ2n) is 10.0. The average molecular weight is 723 g/mol. The molecule has 5 heteroatoms. The van der Waals surface area contributed by atoms with Gasteiger partial charge in [-0.15, -0.1) is 65.2 Å². The molecule has 0 unspecified atom stereocenters. The number of benzene rings is 4. The molecule has 4 aromatic carbocycles. The number of aromatic nitrogens is 2. The molecule has 0 saturated heterocycles. The van der Waals surface area contributed by atoms with Gasteiger partial charge in [0.2, 0.25) is 0 Å². The molecule has 1 aliphatic rings. The Labute approximate surface area is 260 Å². The molecule has 204 valence electrons. The van der Waals surface area contributed by atoms with Gasteiger partial charge in [-0.05, 0) is 51.3 Å². The van der Waals surface area contributed by atoms with Crippen molar-refractivity contribution in [1.29, 1.82) is 5.26 Å². The number of aryl methyl sites for hydroxylation is 1. The molecule has 2 N–H and O–H groups in total. The first kappa shape index (κ1) is 28.8. The molecule has 4 nitrogen and oxygen atoms in total. The van der Waals surface area contributed by atoms with Gasteiger partial charge in [-0.2, -0.15) is 5.26 Å². The van der Waals surface area contributed by atoms with Gasteiger partial charge in [0, 0.05) is 0 Å². The van der Waals surface area contributed by atoms with Gasteiger partial charge >= 0.3 is 21.1 Å². The second kappa shape index (κ2) is 11.7. The predicted octanol–water partition coefficient (Wildman–Crippen LogP) is 7.13. The monoisotopic (exact) mass is 722 g/mol. The molecule has 2 aromatic heterocycles. The van der Waals surface area contributed by atoms with Crippen LogP contribution in [0.2, 0.25) is 0 Å². The van der Waals surface area contributed by atoms with Crippen molar-refractivity contribution in [1.82, 2.24) is 9.97 Å². The zero-order chi connectivity index (χ0) is 27.1. The molecule has 0 bridgehead atoms. The fraction of sp³-hybridized carbons (Fsp3) is 0.0541. The number of nitrogens with zero attached hydrogens (tertiary/aromatic N) is 3. The molecular formula is C37H25N3OPt. The van der Waals surface area contributed by atoms with Crippen molar-refractivity contribution in [2.75, 3.05) is 0 Å². The summed E-state index contributed by atoms with van der Waals surface area (Å²) in [7, 11) is 0. The maximum atomic E-state index is 9.49. The maximum Gasteiger partial charge on any atom is 2.00 e. The van der Waals surface area contributed by atoms with Crippen molar-refractivity contribution in [3.05, 3.63) is 167 Å². The Kier molecular flexibility index (Phi) is 8.01. The van der Waals surface area contributed by atoms with Crippen molar-refractivity contribution >= 4 is 0 Å². The van der Waals surface area contributed by atoms with Gasteiger partial charge in [0.25, 0.3) is 0 Å². The molecule has 1 aliphatic carbocycles. The summed E-state index contributed by atoms with van der Waals surface area (Å²) in [6.45, 7) is 2.08. The molecule has 6 aromatic rings. The van der Waals surface area contributed by atoms with Crippen LogP contribution in [0.5, 0.6) is 0 Å². The molecule has 7 rings (SSSR count). The topological polar surface area (TPSA) is 81.1 Å². The summed E-state index contributed by atoms with van der Waals surface area (Å²) in [5.74, 6) is 0. The molecule has 2 heterocycles. The number of rotatable bonds is 4. The van der Waals surface area contributed by atoms with Crippen molar-refractivity contribution in [3.63, 3.8) is 0 Å². The van der Waals surface area contributed by atoms with E-state index in [0.29, 0.717) is 5.56 Å². The second-order valence-corrected chi connectivity index (χ2v) is 10.0. The molecule has 0 spiro atoms. The zero-order valence-corrected chi connectivity index (χ0v) is 25.0. The summed E-state index contributed by atoms with van der Waals surface area (Å²) in [6, 6.07) is 49.8. The molecule has 42 heavy (non-hydrogen) atoms. The number of fused-ring (bicyclic) bond motifs is 3. The molecular weight excluding hydrogens is 698 g/mol. The van der Waals surface area contributed by atoms with E-state index < -0.39 is 5.41 Å². The normalized spacial score (nSPS) is 12.2. The van der Waals surface area contributed by atoms with Crippen LogP contribution in [0.15, 0.2) is 121 Å². The minimum absolute atomic E-state index is 0. The smallest absolute Gasteiger partial charge is 0.412 e. The number of nitriles is 1. The minimum atomic E-state index is -0.740. The Bertz CT molecular complexity index is 1910. The average Bonchev–Trinajstić information content (AvgIpc) is 3.32. The van der Waals surface area contributed by atoms with Crippen molar-refractivity contribution < 1.29 is 26.5 Å². The van der Waals surface area contributed by atoms with Crippen LogP contribution < -0.4 is 0 Å². The first-order valence-electron chi connectivity index (χ1n) is 13.2. The van der Waals surface area contributed by atoms with E-state index in [1.807, 2.05) is 36.4 Å². The predicted molar refractivity (Wildman–Crippen MR) is 161 cm³/mol. The Morgan fingerprint density at radius 3 is 1.71 bits per heavy atom. The number of pyridine rings is 2. The molecule has 0 amide bonds. The van der Waals surface area contributed by atoms with Crippen LogP contribution in [-0.2, 0) is 26.5 Å². The summed E-state index contributed by atoms with van der Waals surface area (Å²) in [5.41, 5.74) is 10.8. The van der Waals surface area contributed by atoms with E-state index in [-0.39, 0.29) is 26.5 Å². The van der Waals surface area contributed by atoms with E-state index in [4.69, 9.17) is 9.97 Å². The van der Waals surface area contributed by atoms with Gasteiger partial charge in [-0.1, -0.05) is 79.7 Å². The zero-order valence-electron chi connectivity index (χ0n) is 22.7. The fourth-order valence-electron chi connectivity index (χ4n) is 5.92. The Morgan fingerprint density at radius 1 is 0.643 bits per heavy atom. The van der Waals surface area contributed by atoms with Crippen LogP contribution in [0.1, 0.15) is 33.6 Å². The van der Waals surface area contributed by atoms with Gasteiger partial charge in [0.15, 0.2) is 0 Å². The van der Waals surface area contributed by atoms with E-state index in [9.17, 15) is 5.26 Å². The Morgan fingerprint density at radius 2 is 1.17 bits per heavy atom. The van der Waals surface area contributed by atoms with Crippen LogP contribution in [0, 0.1) is 30.4 Å². The molecule has 0 saturated carbocycles. The van der Waals surface area contributed by atoms with Gasteiger partial charge in [-0.3, -0.25) is 9.97 Å². The molecule has 0 fully saturated rings. The van der Waals surface area contributed by atoms with Crippen molar-refractivity contribution in [3.8, 4) is 39.7 Å². The number of hydrogen-bond acceptors (Lipinski definition) is 3. The third-order valence-electron chi connectivity index (χ3n) is 7.66. The largest absolute Gasteiger partial charge is 2.00 e. The first-order valence-corrected chi connectivity index (χ1v) is 13.2. The summed E-state index contributed by atoms with van der Waals surface area (Å²) in [6.07, 6.45) is 0. The van der Waals surface area contributed by atoms with Crippen LogP contribution in [0.3, 0.4) is 0 Å². The Hall–Kier alpha value is -4.68. The van der Waals surface area contributed by atoms with Crippen LogP contribution in [0.4, 0.5) is 0 Å². The van der Waals surface area contributed by atoms with Gasteiger partial charge in [0.05, 0.1) is 17.5 Å². The summed E-state index contributed by atoms with van der Waals surface area (Å²) in [5, 5.41) is 9.49.